The van der Waals surface area contributed by atoms with Crippen molar-refractivity contribution in [1.82, 2.24) is 0 Å². The van der Waals surface area contributed by atoms with Gasteiger partial charge in [0.1, 0.15) is 11.5 Å². The topological polar surface area (TPSA) is 137 Å². The van der Waals surface area contributed by atoms with E-state index < -0.39 is 36.0 Å². The van der Waals surface area contributed by atoms with Gasteiger partial charge in [-0.25, -0.2) is 14.4 Å². The number of rotatable bonds is 10. The lowest BCUT2D eigenvalue weighted by atomic mass is 10.1. The number of anilines is 1. The summed E-state index contributed by atoms with van der Waals surface area (Å²) in [6, 6.07) is 17.5. The Morgan fingerprint density at radius 1 is 0.757 bits per heavy atom. The maximum Gasteiger partial charge on any atom is 0.349 e. The number of aliphatic carboxylic acids is 1. The highest BCUT2D eigenvalue weighted by molar-refractivity contribution is 6.30. The van der Waals surface area contributed by atoms with Gasteiger partial charge < -0.3 is 29.4 Å². The Labute approximate surface area is 216 Å². The molecule has 2 atom stereocenters. The Hall–Kier alpha value is -4.57. The second kappa shape index (κ2) is 12.4. The van der Waals surface area contributed by atoms with Crippen molar-refractivity contribution in [2.45, 2.75) is 12.2 Å². The van der Waals surface area contributed by atoms with Crippen LogP contribution in [0.15, 0.2) is 72.8 Å². The minimum Gasteiger partial charge on any atom is -0.497 e. The number of carboxylic acids is 1. The molecule has 3 rings (SSSR count). The number of carbonyl (C=O) groups is 4. The van der Waals surface area contributed by atoms with Crippen molar-refractivity contribution in [3.8, 4) is 11.5 Å². The second-order valence-corrected chi connectivity index (χ2v) is 7.89. The molecule has 0 fully saturated rings. The number of halogens is 1. The molecule has 10 nitrogen and oxygen atoms in total. The van der Waals surface area contributed by atoms with E-state index in [1.807, 2.05) is 0 Å². The number of esters is 2. The Morgan fingerprint density at radius 2 is 1.24 bits per heavy atom. The molecule has 0 heterocycles. The van der Waals surface area contributed by atoms with E-state index in [0.29, 0.717) is 16.5 Å². The molecule has 0 aliphatic carbocycles. The molecule has 1 amide bonds. The number of carboxylic acid groups (broad SMARTS) is 1. The molecule has 0 unspecified atom stereocenters. The summed E-state index contributed by atoms with van der Waals surface area (Å²) in [7, 11) is 2.78. The summed E-state index contributed by atoms with van der Waals surface area (Å²) in [5.74, 6) is -4.24. The largest absolute Gasteiger partial charge is 0.497 e. The molecule has 0 saturated heterocycles. The zero-order valence-corrected chi connectivity index (χ0v) is 20.4. The van der Waals surface area contributed by atoms with E-state index >= 15 is 0 Å². The van der Waals surface area contributed by atoms with Crippen LogP contribution in [0.25, 0.3) is 0 Å². The first kappa shape index (κ1) is 27.0. The van der Waals surface area contributed by atoms with Gasteiger partial charge in [0.05, 0.1) is 25.3 Å². The van der Waals surface area contributed by atoms with Gasteiger partial charge in [0.25, 0.3) is 5.91 Å². The van der Waals surface area contributed by atoms with E-state index in [0.717, 1.165) is 0 Å². The molecule has 2 N–H and O–H groups in total. The maximum atomic E-state index is 13.1. The van der Waals surface area contributed by atoms with E-state index in [2.05, 4.69) is 5.32 Å². The third-order valence-corrected chi connectivity index (χ3v) is 5.22. The van der Waals surface area contributed by atoms with Crippen LogP contribution >= 0.6 is 11.6 Å². The number of carbonyl (C=O) groups excluding carboxylic acids is 3. The van der Waals surface area contributed by atoms with Crippen LogP contribution in [0.4, 0.5) is 5.69 Å². The van der Waals surface area contributed by atoms with Crippen LogP contribution in [0.5, 0.6) is 11.5 Å². The van der Waals surface area contributed by atoms with Crippen LogP contribution in [0, 0.1) is 0 Å². The van der Waals surface area contributed by atoms with E-state index in [1.165, 1.54) is 74.9 Å². The Morgan fingerprint density at radius 3 is 1.70 bits per heavy atom. The van der Waals surface area contributed by atoms with E-state index in [9.17, 15) is 24.3 Å². The van der Waals surface area contributed by atoms with E-state index in [-0.39, 0.29) is 16.8 Å². The molecule has 11 heteroatoms. The van der Waals surface area contributed by atoms with E-state index in [4.69, 9.17) is 30.5 Å². The van der Waals surface area contributed by atoms with Crippen LogP contribution in [0.2, 0.25) is 5.02 Å². The van der Waals surface area contributed by atoms with Crippen molar-refractivity contribution in [3.05, 3.63) is 88.9 Å². The molecule has 3 aromatic carbocycles. The highest BCUT2D eigenvalue weighted by atomic mass is 35.5. The fourth-order valence-electron chi connectivity index (χ4n) is 3.11. The fourth-order valence-corrected chi connectivity index (χ4v) is 3.23. The first-order valence-electron chi connectivity index (χ1n) is 10.7. The molecule has 3 aromatic rings. The van der Waals surface area contributed by atoms with Crippen LogP contribution in [0.1, 0.15) is 20.7 Å². The molecule has 0 aliphatic heterocycles. The first-order chi connectivity index (χ1) is 17.7. The van der Waals surface area contributed by atoms with Crippen LogP contribution in [-0.2, 0) is 19.1 Å². The van der Waals surface area contributed by atoms with Gasteiger partial charge in [0, 0.05) is 10.7 Å². The van der Waals surface area contributed by atoms with Gasteiger partial charge in [-0.2, -0.15) is 0 Å². The number of hydrogen-bond donors (Lipinski definition) is 2. The summed E-state index contributed by atoms with van der Waals surface area (Å²) < 4.78 is 20.6. The average Bonchev–Trinajstić information content (AvgIpc) is 2.91. The van der Waals surface area contributed by atoms with Gasteiger partial charge in [0.15, 0.2) is 0 Å². The third-order valence-electron chi connectivity index (χ3n) is 4.97. The molecular weight excluding hydrogens is 506 g/mol. The van der Waals surface area contributed by atoms with Crippen LogP contribution < -0.4 is 14.8 Å². The molecule has 0 saturated carbocycles. The molecule has 192 valence electrons. The second-order valence-electron chi connectivity index (χ2n) is 7.45. The lowest BCUT2D eigenvalue weighted by molar-refractivity contribution is -0.157. The van der Waals surface area contributed by atoms with Crippen molar-refractivity contribution >= 4 is 41.1 Å². The normalized spacial score (nSPS) is 12.0. The summed E-state index contributed by atoms with van der Waals surface area (Å²) in [5.41, 5.74) is 0.175. The standard InChI is InChI=1S/C26H22ClNO9/c1-34-19-7-3-5-15(13-19)25(32)36-21(23(29)28-18-11-9-17(27)10-12-18)22(24(30)31)37-26(33)16-6-4-8-20(14-16)35-2/h3-14,21-22H,1-2H3,(H,28,29)(H,30,31)/t21-,22-/m0/s1. The predicted octanol–water partition coefficient (Wildman–Crippen LogP) is 3.83. The van der Waals surface area contributed by atoms with Gasteiger partial charge in [-0.1, -0.05) is 23.7 Å². The lowest BCUT2D eigenvalue weighted by Crippen LogP contribution is -2.48. The SMILES string of the molecule is COc1cccc(C(=O)O[C@H](C(=O)O)[C@H](OC(=O)c2cccc(OC)c2)C(=O)Nc2ccc(Cl)cc2)c1. The molecule has 0 bridgehead atoms. The monoisotopic (exact) mass is 527 g/mol. The van der Waals surface area contributed by atoms with Crippen molar-refractivity contribution < 1.29 is 43.2 Å². The highest BCUT2D eigenvalue weighted by Crippen LogP contribution is 2.20. The summed E-state index contributed by atoms with van der Waals surface area (Å²) in [6.45, 7) is 0. The maximum absolute atomic E-state index is 13.1. The van der Waals surface area contributed by atoms with Crippen molar-refractivity contribution in [2.24, 2.45) is 0 Å². The fraction of sp³-hybridized carbons (Fsp3) is 0.154. The number of hydrogen-bond acceptors (Lipinski definition) is 8. The van der Waals surface area contributed by atoms with Gasteiger partial charge in [-0.05, 0) is 60.7 Å². The van der Waals surface area contributed by atoms with Crippen molar-refractivity contribution in [1.29, 1.82) is 0 Å². The molecule has 0 aromatic heterocycles. The predicted molar refractivity (Wildman–Crippen MR) is 132 cm³/mol. The van der Waals surface area contributed by atoms with Crippen molar-refractivity contribution in [3.63, 3.8) is 0 Å². The number of methoxy groups -OCH3 is 2. The Kier molecular flexibility index (Phi) is 9.06. The number of benzene rings is 3. The van der Waals surface area contributed by atoms with Crippen LogP contribution in [-0.4, -0.2) is 55.3 Å². The zero-order chi connectivity index (χ0) is 26.9. The quantitative estimate of drug-likeness (QED) is 0.377. The molecule has 0 aliphatic rings. The van der Waals surface area contributed by atoms with Gasteiger partial charge in [-0.3, -0.25) is 4.79 Å². The highest BCUT2D eigenvalue weighted by Gasteiger charge is 2.41. The van der Waals surface area contributed by atoms with Gasteiger partial charge >= 0.3 is 17.9 Å². The smallest absolute Gasteiger partial charge is 0.349 e. The van der Waals surface area contributed by atoms with E-state index in [1.54, 1.807) is 12.1 Å². The number of ether oxygens (including phenoxy) is 4. The number of nitrogens with one attached hydrogen (secondary N) is 1. The first-order valence-corrected chi connectivity index (χ1v) is 11.1. The van der Waals surface area contributed by atoms with Gasteiger partial charge in [-0.15, -0.1) is 0 Å². The zero-order valence-electron chi connectivity index (χ0n) is 19.7. The minimum absolute atomic E-state index is 0.0214. The lowest BCUT2D eigenvalue weighted by Gasteiger charge is -2.23. The molecular formula is C26H22ClNO9. The van der Waals surface area contributed by atoms with Gasteiger partial charge in [0.2, 0.25) is 12.2 Å². The van der Waals surface area contributed by atoms with Crippen LogP contribution in [0.3, 0.4) is 0 Å². The Balaban J connectivity index is 1.92. The third kappa shape index (κ3) is 7.21. The minimum atomic E-state index is -2.19. The summed E-state index contributed by atoms with van der Waals surface area (Å²) in [6.07, 6.45) is -4.26. The molecule has 37 heavy (non-hydrogen) atoms. The summed E-state index contributed by atoms with van der Waals surface area (Å²) in [4.78, 5) is 50.9. The summed E-state index contributed by atoms with van der Waals surface area (Å²) >= 11 is 5.86. The summed E-state index contributed by atoms with van der Waals surface area (Å²) in [5, 5.41) is 12.7. The number of amides is 1. The average molecular weight is 528 g/mol. The molecule has 0 spiro atoms. The Bertz CT molecular complexity index is 1290. The molecule has 0 radical (unpaired) electrons. The van der Waals surface area contributed by atoms with Crippen molar-refractivity contribution in [2.75, 3.05) is 19.5 Å².